The summed E-state index contributed by atoms with van der Waals surface area (Å²) >= 11 is 0. The van der Waals surface area contributed by atoms with E-state index in [4.69, 9.17) is 0 Å². The number of tetrazole rings is 1. The SMILES string of the molecule is CC(NC(=O)C1CC12CCNCC2)c1nnnn1-c1ccccc1.Cl. The summed E-state index contributed by atoms with van der Waals surface area (Å²) < 4.78 is 1.68. The Bertz CT molecular complexity index is 728. The van der Waals surface area contributed by atoms with Gasteiger partial charge in [-0.25, -0.2) is 0 Å². The van der Waals surface area contributed by atoms with Crippen molar-refractivity contribution in [3.8, 4) is 5.69 Å². The first-order chi connectivity index (χ1) is 11.7. The maximum Gasteiger partial charge on any atom is 0.224 e. The van der Waals surface area contributed by atoms with Crippen LogP contribution >= 0.6 is 12.4 Å². The molecule has 4 rings (SSSR count). The van der Waals surface area contributed by atoms with Gasteiger partial charge >= 0.3 is 0 Å². The zero-order valence-corrected chi connectivity index (χ0v) is 15.0. The summed E-state index contributed by atoms with van der Waals surface area (Å²) in [6.07, 6.45) is 3.21. The van der Waals surface area contributed by atoms with E-state index in [1.807, 2.05) is 37.3 Å². The Kier molecular flexibility index (Phi) is 5.06. The number of rotatable bonds is 4. The lowest BCUT2D eigenvalue weighted by molar-refractivity contribution is -0.124. The van der Waals surface area contributed by atoms with Gasteiger partial charge in [-0.05, 0) is 67.3 Å². The van der Waals surface area contributed by atoms with Gasteiger partial charge in [0.15, 0.2) is 5.82 Å². The predicted octanol–water partition coefficient (Wildman–Crippen LogP) is 1.65. The van der Waals surface area contributed by atoms with Crippen LogP contribution in [0.4, 0.5) is 0 Å². The number of hydrogen-bond donors (Lipinski definition) is 2. The largest absolute Gasteiger partial charge is 0.346 e. The lowest BCUT2D eigenvalue weighted by Crippen LogP contribution is -2.35. The number of nitrogens with one attached hydrogen (secondary N) is 2. The number of carbonyl (C=O) groups excluding carboxylic acids is 1. The minimum Gasteiger partial charge on any atom is -0.346 e. The van der Waals surface area contributed by atoms with E-state index < -0.39 is 0 Å². The van der Waals surface area contributed by atoms with Crippen LogP contribution < -0.4 is 10.6 Å². The highest BCUT2D eigenvalue weighted by Crippen LogP contribution is 2.58. The van der Waals surface area contributed by atoms with E-state index in [-0.39, 0.29) is 35.7 Å². The minimum atomic E-state index is -0.230. The Labute approximate surface area is 153 Å². The van der Waals surface area contributed by atoms with Crippen molar-refractivity contribution < 1.29 is 4.79 Å². The fraction of sp³-hybridized carbons (Fsp3) is 0.529. The second-order valence-electron chi connectivity index (χ2n) is 6.88. The van der Waals surface area contributed by atoms with E-state index in [1.54, 1.807) is 4.68 Å². The molecule has 2 atom stereocenters. The van der Waals surface area contributed by atoms with Gasteiger partial charge in [0.05, 0.1) is 11.7 Å². The van der Waals surface area contributed by atoms with Gasteiger partial charge in [0.2, 0.25) is 5.91 Å². The molecule has 1 aromatic heterocycles. The molecule has 0 bridgehead atoms. The van der Waals surface area contributed by atoms with E-state index in [0.29, 0.717) is 5.82 Å². The summed E-state index contributed by atoms with van der Waals surface area (Å²) in [5.41, 5.74) is 1.13. The molecule has 1 aliphatic heterocycles. The molecule has 1 amide bonds. The smallest absolute Gasteiger partial charge is 0.224 e. The van der Waals surface area contributed by atoms with E-state index in [0.717, 1.165) is 38.0 Å². The molecule has 134 valence electrons. The van der Waals surface area contributed by atoms with E-state index in [1.165, 1.54) is 0 Å². The molecule has 2 aromatic rings. The Morgan fingerprint density at radius 3 is 2.76 bits per heavy atom. The standard InChI is InChI=1S/C17H22N6O.ClH/c1-12(15-20-21-22-23(15)13-5-3-2-4-6-13)19-16(24)14-11-17(14)7-9-18-10-8-17;/h2-6,12,14,18H,7-11H2,1H3,(H,19,24);1H. The van der Waals surface area contributed by atoms with Crippen molar-refractivity contribution in [3.05, 3.63) is 36.2 Å². The van der Waals surface area contributed by atoms with Gasteiger partial charge in [-0.3, -0.25) is 4.79 Å². The van der Waals surface area contributed by atoms with Crippen molar-refractivity contribution in [1.82, 2.24) is 30.8 Å². The average molecular weight is 363 g/mol. The number of aromatic nitrogens is 4. The maximum absolute atomic E-state index is 12.6. The van der Waals surface area contributed by atoms with Gasteiger partial charge in [-0.1, -0.05) is 18.2 Å². The Balaban J connectivity index is 0.00000182. The second-order valence-corrected chi connectivity index (χ2v) is 6.88. The van der Waals surface area contributed by atoms with Crippen LogP contribution in [0.3, 0.4) is 0 Å². The molecular weight excluding hydrogens is 340 g/mol. The lowest BCUT2D eigenvalue weighted by Gasteiger charge is -2.23. The fourth-order valence-electron chi connectivity index (χ4n) is 3.79. The summed E-state index contributed by atoms with van der Waals surface area (Å²) in [5, 5.41) is 18.4. The molecule has 2 heterocycles. The first-order valence-electron chi connectivity index (χ1n) is 8.54. The van der Waals surface area contributed by atoms with Crippen LogP contribution in [0.5, 0.6) is 0 Å². The molecule has 1 aromatic carbocycles. The fourth-order valence-corrected chi connectivity index (χ4v) is 3.79. The van der Waals surface area contributed by atoms with Gasteiger partial charge in [-0.15, -0.1) is 17.5 Å². The average Bonchev–Trinajstić information content (AvgIpc) is 3.08. The molecule has 2 fully saturated rings. The predicted molar refractivity (Wildman–Crippen MR) is 95.6 cm³/mol. The minimum absolute atomic E-state index is 0. The molecule has 1 saturated heterocycles. The van der Waals surface area contributed by atoms with Crippen molar-refractivity contribution in [2.45, 2.75) is 32.2 Å². The van der Waals surface area contributed by atoms with Crippen LogP contribution in [0.15, 0.2) is 30.3 Å². The zero-order valence-electron chi connectivity index (χ0n) is 14.2. The van der Waals surface area contributed by atoms with Gasteiger partial charge in [0.1, 0.15) is 0 Å². The van der Waals surface area contributed by atoms with E-state index in [9.17, 15) is 4.79 Å². The molecule has 25 heavy (non-hydrogen) atoms. The van der Waals surface area contributed by atoms with Crippen molar-refractivity contribution in [3.63, 3.8) is 0 Å². The summed E-state index contributed by atoms with van der Waals surface area (Å²) in [6.45, 7) is 3.97. The van der Waals surface area contributed by atoms with Crippen LogP contribution in [0, 0.1) is 11.3 Å². The number of benzene rings is 1. The molecule has 8 heteroatoms. The second kappa shape index (κ2) is 7.09. The van der Waals surface area contributed by atoms with Crippen molar-refractivity contribution in [1.29, 1.82) is 0 Å². The van der Waals surface area contributed by atoms with Crippen LogP contribution in [-0.4, -0.2) is 39.2 Å². The van der Waals surface area contributed by atoms with Crippen LogP contribution in [0.25, 0.3) is 5.69 Å². The number of piperidine rings is 1. The Morgan fingerprint density at radius 2 is 2.04 bits per heavy atom. The molecule has 2 unspecified atom stereocenters. The summed E-state index contributed by atoms with van der Waals surface area (Å²) in [4.78, 5) is 12.6. The van der Waals surface area contributed by atoms with Crippen molar-refractivity contribution in [2.75, 3.05) is 13.1 Å². The summed E-state index contributed by atoms with van der Waals surface area (Å²) in [5.74, 6) is 0.921. The third-order valence-electron chi connectivity index (χ3n) is 5.35. The first-order valence-corrected chi connectivity index (χ1v) is 8.54. The number of para-hydroxylation sites is 1. The third-order valence-corrected chi connectivity index (χ3v) is 5.35. The van der Waals surface area contributed by atoms with Crippen molar-refractivity contribution in [2.24, 2.45) is 11.3 Å². The maximum atomic E-state index is 12.6. The van der Waals surface area contributed by atoms with Gasteiger partial charge in [0.25, 0.3) is 0 Å². The third kappa shape index (κ3) is 3.39. The highest BCUT2D eigenvalue weighted by atomic mass is 35.5. The molecule has 2 aliphatic rings. The van der Waals surface area contributed by atoms with Gasteiger partial charge < -0.3 is 10.6 Å². The molecule has 0 radical (unpaired) electrons. The van der Waals surface area contributed by atoms with Crippen molar-refractivity contribution >= 4 is 18.3 Å². The van der Waals surface area contributed by atoms with Gasteiger partial charge in [-0.2, -0.15) is 4.68 Å². The molecule has 1 spiro atoms. The highest BCUT2D eigenvalue weighted by Gasteiger charge is 2.57. The topological polar surface area (TPSA) is 84.7 Å². The summed E-state index contributed by atoms with van der Waals surface area (Å²) in [7, 11) is 0. The quantitative estimate of drug-likeness (QED) is 0.863. The zero-order chi connectivity index (χ0) is 16.6. The Hall–Kier alpha value is -1.99. The number of amides is 1. The molecule has 7 nitrogen and oxygen atoms in total. The van der Waals surface area contributed by atoms with Crippen LogP contribution in [0.2, 0.25) is 0 Å². The number of halogens is 1. The highest BCUT2D eigenvalue weighted by molar-refractivity contribution is 5.85. The lowest BCUT2D eigenvalue weighted by atomic mass is 9.91. The molecule has 1 saturated carbocycles. The molecular formula is C17H23ClN6O. The molecule has 2 N–H and O–H groups in total. The summed E-state index contributed by atoms with van der Waals surface area (Å²) in [6, 6.07) is 9.49. The number of carbonyl (C=O) groups is 1. The van der Waals surface area contributed by atoms with Crippen LogP contribution in [-0.2, 0) is 4.79 Å². The normalized spacial score (nSPS) is 22.0. The first kappa shape index (κ1) is 17.8. The number of nitrogens with zero attached hydrogens (tertiary/aromatic N) is 4. The number of hydrogen-bond acceptors (Lipinski definition) is 5. The van der Waals surface area contributed by atoms with E-state index >= 15 is 0 Å². The van der Waals surface area contributed by atoms with Crippen LogP contribution in [0.1, 0.15) is 38.1 Å². The molecule has 1 aliphatic carbocycles. The van der Waals surface area contributed by atoms with E-state index in [2.05, 4.69) is 26.2 Å². The Morgan fingerprint density at radius 1 is 1.32 bits per heavy atom. The monoisotopic (exact) mass is 362 g/mol. The van der Waals surface area contributed by atoms with Gasteiger partial charge in [0, 0.05) is 5.92 Å².